The average molecular weight is 345 g/mol. The van der Waals surface area contributed by atoms with Crippen molar-refractivity contribution in [1.29, 1.82) is 0 Å². The van der Waals surface area contributed by atoms with Gasteiger partial charge in [-0.2, -0.15) is 0 Å². The molecule has 0 atom stereocenters. The van der Waals surface area contributed by atoms with E-state index in [2.05, 4.69) is 5.32 Å². The second kappa shape index (κ2) is 6.38. The van der Waals surface area contributed by atoms with Gasteiger partial charge in [0.15, 0.2) is 0 Å². The zero-order chi connectivity index (χ0) is 18.2. The minimum Gasteiger partial charge on any atom is -0.497 e. The number of piperidine rings is 1. The second-order valence-corrected chi connectivity index (χ2v) is 6.80. The molecule has 4 amide bonds. The number of hydrogen-bond donors (Lipinski definition) is 1. The fraction of sp³-hybridized carbons (Fsp3) is 0.500. The molecular formula is C18H23N3O4. The van der Waals surface area contributed by atoms with Crippen LogP contribution in [-0.2, 0) is 4.79 Å². The molecule has 0 aliphatic carbocycles. The molecule has 25 heavy (non-hydrogen) atoms. The molecule has 7 heteroatoms. The number of methoxy groups -OCH3 is 1. The molecule has 0 aromatic heterocycles. The minimum absolute atomic E-state index is 0.0741. The molecule has 134 valence electrons. The first-order valence-corrected chi connectivity index (χ1v) is 8.47. The third kappa shape index (κ3) is 2.94. The summed E-state index contributed by atoms with van der Waals surface area (Å²) in [5.74, 6) is 0.446. The van der Waals surface area contributed by atoms with E-state index in [0.717, 1.165) is 0 Å². The van der Waals surface area contributed by atoms with Crippen molar-refractivity contribution in [3.05, 3.63) is 29.8 Å². The van der Waals surface area contributed by atoms with E-state index < -0.39 is 5.54 Å². The standard InChI is InChI=1S/C18H23N3O4/c1-12(2)21-16(23)18(19-17(21)24)8-10-20(11-9-18)15(22)13-4-6-14(25-3)7-5-13/h4-7,12H,8-11H2,1-3H3,(H,19,24). The normalized spacial score (nSPS) is 19.5. The Balaban J connectivity index is 1.68. The van der Waals surface area contributed by atoms with Crippen molar-refractivity contribution in [3.8, 4) is 5.75 Å². The number of carbonyl (C=O) groups is 3. The van der Waals surface area contributed by atoms with Gasteiger partial charge < -0.3 is 15.0 Å². The number of imide groups is 1. The van der Waals surface area contributed by atoms with Crippen LogP contribution in [0.25, 0.3) is 0 Å². The van der Waals surface area contributed by atoms with E-state index in [4.69, 9.17) is 4.74 Å². The molecule has 0 unspecified atom stereocenters. The highest BCUT2D eigenvalue weighted by molar-refractivity contribution is 6.07. The van der Waals surface area contributed by atoms with Crippen LogP contribution in [-0.4, -0.2) is 59.4 Å². The third-order valence-corrected chi connectivity index (χ3v) is 4.95. The number of rotatable bonds is 3. The lowest BCUT2D eigenvalue weighted by molar-refractivity contribution is -0.133. The summed E-state index contributed by atoms with van der Waals surface area (Å²) in [6.45, 7) is 4.50. The summed E-state index contributed by atoms with van der Waals surface area (Å²) < 4.78 is 5.10. The number of hydrogen-bond acceptors (Lipinski definition) is 4. The van der Waals surface area contributed by atoms with E-state index in [9.17, 15) is 14.4 Å². The van der Waals surface area contributed by atoms with Crippen molar-refractivity contribution in [2.45, 2.75) is 38.3 Å². The molecule has 2 aliphatic rings. The smallest absolute Gasteiger partial charge is 0.325 e. The van der Waals surface area contributed by atoms with Gasteiger partial charge in [-0.15, -0.1) is 0 Å². The Morgan fingerprint density at radius 2 is 1.76 bits per heavy atom. The maximum absolute atomic E-state index is 12.7. The lowest BCUT2D eigenvalue weighted by Gasteiger charge is -2.37. The van der Waals surface area contributed by atoms with Crippen LogP contribution in [0.2, 0.25) is 0 Å². The molecule has 0 radical (unpaired) electrons. The van der Waals surface area contributed by atoms with Gasteiger partial charge in [0.1, 0.15) is 11.3 Å². The lowest BCUT2D eigenvalue weighted by Crippen LogP contribution is -2.56. The summed E-state index contributed by atoms with van der Waals surface area (Å²) in [5.41, 5.74) is -0.278. The number of nitrogens with one attached hydrogen (secondary N) is 1. The zero-order valence-electron chi connectivity index (χ0n) is 14.7. The van der Waals surface area contributed by atoms with Crippen LogP contribution in [0.3, 0.4) is 0 Å². The predicted octanol–water partition coefficient (Wildman–Crippen LogP) is 1.63. The first-order chi connectivity index (χ1) is 11.9. The molecule has 1 aromatic rings. The topological polar surface area (TPSA) is 79.0 Å². The van der Waals surface area contributed by atoms with Crippen molar-refractivity contribution >= 4 is 17.8 Å². The van der Waals surface area contributed by atoms with Crippen molar-refractivity contribution in [2.75, 3.05) is 20.2 Å². The zero-order valence-corrected chi connectivity index (χ0v) is 14.7. The van der Waals surface area contributed by atoms with Crippen LogP contribution in [0.1, 0.15) is 37.0 Å². The maximum Gasteiger partial charge on any atom is 0.325 e. The van der Waals surface area contributed by atoms with Gasteiger partial charge in [0.2, 0.25) is 0 Å². The van der Waals surface area contributed by atoms with E-state index in [-0.39, 0.29) is 23.9 Å². The summed E-state index contributed by atoms with van der Waals surface area (Å²) in [5, 5.41) is 2.85. The van der Waals surface area contributed by atoms with Crippen molar-refractivity contribution in [2.24, 2.45) is 0 Å². The van der Waals surface area contributed by atoms with Crippen LogP contribution in [0.4, 0.5) is 4.79 Å². The van der Waals surface area contributed by atoms with Gasteiger partial charge in [-0.3, -0.25) is 14.5 Å². The van der Waals surface area contributed by atoms with Crippen LogP contribution in [0.5, 0.6) is 5.75 Å². The summed E-state index contributed by atoms with van der Waals surface area (Å²) >= 11 is 0. The Labute approximate surface area is 146 Å². The Hall–Kier alpha value is -2.57. The number of likely N-dealkylation sites (tertiary alicyclic amines) is 1. The van der Waals surface area contributed by atoms with E-state index in [1.54, 1.807) is 36.3 Å². The highest BCUT2D eigenvalue weighted by Gasteiger charge is 2.53. The molecule has 2 fully saturated rings. The Morgan fingerprint density at radius 1 is 1.16 bits per heavy atom. The SMILES string of the molecule is COc1ccc(C(=O)N2CCC3(CC2)NC(=O)N(C(C)C)C3=O)cc1. The van der Waals surface area contributed by atoms with Gasteiger partial charge in [0, 0.05) is 24.7 Å². The fourth-order valence-corrected chi connectivity index (χ4v) is 3.46. The van der Waals surface area contributed by atoms with Gasteiger partial charge >= 0.3 is 6.03 Å². The number of ether oxygens (including phenoxy) is 1. The Morgan fingerprint density at radius 3 is 2.24 bits per heavy atom. The van der Waals surface area contributed by atoms with Crippen LogP contribution in [0, 0.1) is 0 Å². The first kappa shape index (κ1) is 17.3. The fourth-order valence-electron chi connectivity index (χ4n) is 3.46. The van der Waals surface area contributed by atoms with Crippen LogP contribution >= 0.6 is 0 Å². The lowest BCUT2D eigenvalue weighted by atomic mass is 9.87. The number of carbonyl (C=O) groups excluding carboxylic acids is 3. The van der Waals surface area contributed by atoms with Crippen LogP contribution < -0.4 is 10.1 Å². The van der Waals surface area contributed by atoms with Gasteiger partial charge in [0.25, 0.3) is 11.8 Å². The molecule has 1 spiro atoms. The van der Waals surface area contributed by atoms with Crippen molar-refractivity contribution in [1.82, 2.24) is 15.1 Å². The quantitative estimate of drug-likeness (QED) is 0.845. The van der Waals surface area contributed by atoms with E-state index in [1.807, 2.05) is 13.8 Å². The van der Waals surface area contributed by atoms with E-state index >= 15 is 0 Å². The third-order valence-electron chi connectivity index (χ3n) is 4.95. The molecule has 3 rings (SSSR count). The molecule has 2 aliphatic heterocycles. The molecule has 2 saturated heterocycles. The highest BCUT2D eigenvalue weighted by Crippen LogP contribution is 2.31. The van der Waals surface area contributed by atoms with Gasteiger partial charge in [-0.1, -0.05) is 0 Å². The largest absolute Gasteiger partial charge is 0.497 e. The molecular weight excluding hydrogens is 322 g/mol. The number of amides is 4. The molecule has 0 bridgehead atoms. The number of urea groups is 1. The van der Waals surface area contributed by atoms with Gasteiger partial charge in [-0.05, 0) is 51.0 Å². The molecule has 7 nitrogen and oxygen atoms in total. The van der Waals surface area contributed by atoms with Gasteiger partial charge in [-0.25, -0.2) is 4.79 Å². The molecule has 2 heterocycles. The number of benzene rings is 1. The summed E-state index contributed by atoms with van der Waals surface area (Å²) in [4.78, 5) is 40.4. The number of nitrogens with zero attached hydrogens (tertiary/aromatic N) is 2. The van der Waals surface area contributed by atoms with Gasteiger partial charge in [0.05, 0.1) is 7.11 Å². The predicted molar refractivity (Wildman–Crippen MR) is 91.4 cm³/mol. The highest BCUT2D eigenvalue weighted by atomic mass is 16.5. The molecule has 1 aromatic carbocycles. The summed E-state index contributed by atoms with van der Waals surface area (Å²) in [6.07, 6.45) is 0.866. The monoisotopic (exact) mass is 345 g/mol. The minimum atomic E-state index is -0.863. The van der Waals surface area contributed by atoms with Crippen molar-refractivity contribution in [3.63, 3.8) is 0 Å². The average Bonchev–Trinajstić information content (AvgIpc) is 2.85. The first-order valence-electron chi connectivity index (χ1n) is 8.47. The van der Waals surface area contributed by atoms with E-state index in [0.29, 0.717) is 37.2 Å². The van der Waals surface area contributed by atoms with Crippen LogP contribution in [0.15, 0.2) is 24.3 Å². The Bertz CT molecular complexity index is 691. The second-order valence-electron chi connectivity index (χ2n) is 6.80. The van der Waals surface area contributed by atoms with Crippen molar-refractivity contribution < 1.29 is 19.1 Å². The summed E-state index contributed by atoms with van der Waals surface area (Å²) in [7, 11) is 1.58. The Kier molecular flexibility index (Phi) is 4.41. The maximum atomic E-state index is 12.7. The summed E-state index contributed by atoms with van der Waals surface area (Å²) in [6, 6.07) is 6.45. The molecule has 1 N–H and O–H groups in total. The molecule has 0 saturated carbocycles. The van der Waals surface area contributed by atoms with E-state index in [1.165, 1.54) is 4.90 Å².